The molecule has 0 aliphatic heterocycles. The van der Waals surface area contributed by atoms with Crippen LogP contribution in [-0.2, 0) is 6.54 Å². The maximum Gasteiger partial charge on any atom is 0.120 e. The van der Waals surface area contributed by atoms with Crippen LogP contribution in [0.3, 0.4) is 0 Å². The van der Waals surface area contributed by atoms with E-state index in [0.717, 1.165) is 11.5 Å². The van der Waals surface area contributed by atoms with Crippen molar-refractivity contribution in [3.63, 3.8) is 0 Å². The summed E-state index contributed by atoms with van der Waals surface area (Å²) in [6.07, 6.45) is 1.83. The van der Waals surface area contributed by atoms with E-state index in [1.54, 1.807) is 0 Å². The second-order valence-corrected chi connectivity index (χ2v) is 3.82. The first-order valence-corrected chi connectivity index (χ1v) is 5.01. The predicted molar refractivity (Wildman–Crippen MR) is 61.4 cm³/mol. The van der Waals surface area contributed by atoms with Crippen molar-refractivity contribution in [1.82, 2.24) is 9.97 Å². The number of nitrogens with one attached hydrogen (secondary N) is 1. The summed E-state index contributed by atoms with van der Waals surface area (Å²) < 4.78 is 0. The van der Waals surface area contributed by atoms with Crippen LogP contribution in [0.15, 0.2) is 24.4 Å². The molecule has 3 nitrogen and oxygen atoms in total. The van der Waals surface area contributed by atoms with Gasteiger partial charge in [0.2, 0.25) is 0 Å². The Bertz CT molecular complexity index is 451. The summed E-state index contributed by atoms with van der Waals surface area (Å²) in [6, 6.07) is 6.44. The number of aryl methyl sites for hydroxylation is 2. The van der Waals surface area contributed by atoms with E-state index in [1.165, 1.54) is 16.7 Å². The van der Waals surface area contributed by atoms with Crippen LogP contribution in [0.4, 0.5) is 0 Å². The fourth-order valence-corrected chi connectivity index (χ4v) is 1.74. The topological polar surface area (TPSA) is 54.7 Å². The number of nitrogens with two attached hydrogens (primary N) is 1. The van der Waals surface area contributed by atoms with Crippen molar-refractivity contribution in [3.05, 3.63) is 41.3 Å². The molecular weight excluding hydrogens is 186 g/mol. The highest BCUT2D eigenvalue weighted by atomic mass is 14.9. The minimum absolute atomic E-state index is 0.449. The summed E-state index contributed by atoms with van der Waals surface area (Å²) in [5.41, 5.74) is 10.2. The Balaban J connectivity index is 2.44. The van der Waals surface area contributed by atoms with Crippen LogP contribution in [0.2, 0.25) is 0 Å². The number of H-pyrrole nitrogens is 1. The maximum atomic E-state index is 5.51. The van der Waals surface area contributed by atoms with Gasteiger partial charge in [-0.25, -0.2) is 4.98 Å². The highest BCUT2D eigenvalue weighted by Gasteiger charge is 2.03. The van der Waals surface area contributed by atoms with Crippen LogP contribution in [0.1, 0.15) is 17.0 Å². The van der Waals surface area contributed by atoms with Crippen molar-refractivity contribution in [2.75, 3.05) is 0 Å². The van der Waals surface area contributed by atoms with Gasteiger partial charge in [0.1, 0.15) is 5.82 Å². The lowest BCUT2D eigenvalue weighted by Crippen LogP contribution is -1.97. The van der Waals surface area contributed by atoms with Crippen LogP contribution >= 0.6 is 0 Å². The van der Waals surface area contributed by atoms with Gasteiger partial charge in [0, 0.05) is 5.56 Å². The first kappa shape index (κ1) is 9.93. The van der Waals surface area contributed by atoms with E-state index < -0.39 is 0 Å². The molecule has 0 radical (unpaired) electrons. The summed E-state index contributed by atoms with van der Waals surface area (Å²) in [5.74, 6) is 0.823. The number of hydrogen-bond acceptors (Lipinski definition) is 2. The largest absolute Gasteiger partial charge is 0.341 e. The Labute approximate surface area is 89.4 Å². The molecule has 0 saturated heterocycles. The Morgan fingerprint density at radius 1 is 1.20 bits per heavy atom. The quantitative estimate of drug-likeness (QED) is 0.782. The molecule has 1 aromatic heterocycles. The number of rotatable bonds is 2. The molecule has 0 aliphatic carbocycles. The predicted octanol–water partition coefficient (Wildman–Crippen LogP) is 2.15. The van der Waals surface area contributed by atoms with E-state index in [0.29, 0.717) is 6.54 Å². The van der Waals surface area contributed by atoms with Gasteiger partial charge in [0.25, 0.3) is 0 Å². The van der Waals surface area contributed by atoms with Gasteiger partial charge >= 0.3 is 0 Å². The van der Waals surface area contributed by atoms with Gasteiger partial charge < -0.3 is 10.7 Å². The normalized spacial score (nSPS) is 10.6. The van der Waals surface area contributed by atoms with Crippen LogP contribution in [0, 0.1) is 13.8 Å². The molecule has 3 N–H and O–H groups in total. The van der Waals surface area contributed by atoms with Gasteiger partial charge in [0.05, 0.1) is 18.4 Å². The molecule has 0 aliphatic rings. The number of nitrogens with zero attached hydrogens (tertiary/aromatic N) is 1. The third-order valence-corrected chi connectivity index (χ3v) is 2.35. The first-order valence-electron chi connectivity index (χ1n) is 5.01. The van der Waals surface area contributed by atoms with Gasteiger partial charge in [-0.05, 0) is 26.0 Å². The molecule has 1 aromatic carbocycles. The standard InChI is InChI=1S/C12H15N3/c1-8-3-9(2)5-10(4-8)11-7-14-12(6-13)15-11/h3-5,7H,6,13H2,1-2H3,(H,14,15). The van der Waals surface area contributed by atoms with Crippen LogP contribution in [-0.4, -0.2) is 9.97 Å². The monoisotopic (exact) mass is 201 g/mol. The summed E-state index contributed by atoms with van der Waals surface area (Å²) in [4.78, 5) is 7.39. The lowest BCUT2D eigenvalue weighted by atomic mass is 10.1. The van der Waals surface area contributed by atoms with Gasteiger partial charge in [-0.1, -0.05) is 17.2 Å². The zero-order valence-corrected chi connectivity index (χ0v) is 9.04. The number of hydrogen-bond donors (Lipinski definition) is 2. The Morgan fingerprint density at radius 2 is 1.87 bits per heavy atom. The lowest BCUT2D eigenvalue weighted by molar-refractivity contribution is 0.950. The summed E-state index contributed by atoms with van der Waals surface area (Å²) in [6.45, 7) is 4.64. The molecule has 0 spiro atoms. The highest BCUT2D eigenvalue weighted by molar-refractivity contribution is 5.60. The van der Waals surface area contributed by atoms with Crippen LogP contribution in [0.25, 0.3) is 11.3 Å². The fraction of sp³-hybridized carbons (Fsp3) is 0.250. The molecule has 15 heavy (non-hydrogen) atoms. The molecule has 1 heterocycles. The van der Waals surface area contributed by atoms with E-state index >= 15 is 0 Å². The van der Waals surface area contributed by atoms with E-state index in [2.05, 4.69) is 42.0 Å². The van der Waals surface area contributed by atoms with Gasteiger partial charge in [-0.15, -0.1) is 0 Å². The smallest absolute Gasteiger partial charge is 0.120 e. The molecular formula is C12H15N3. The summed E-state index contributed by atoms with van der Waals surface area (Å²) >= 11 is 0. The number of aromatic nitrogens is 2. The van der Waals surface area contributed by atoms with Crippen molar-refractivity contribution >= 4 is 0 Å². The molecule has 0 amide bonds. The Kier molecular flexibility index (Phi) is 2.56. The van der Waals surface area contributed by atoms with E-state index in [9.17, 15) is 0 Å². The average molecular weight is 201 g/mol. The molecule has 0 saturated carbocycles. The van der Waals surface area contributed by atoms with Crippen molar-refractivity contribution in [1.29, 1.82) is 0 Å². The molecule has 0 bridgehead atoms. The zero-order valence-electron chi connectivity index (χ0n) is 9.04. The van der Waals surface area contributed by atoms with Crippen LogP contribution in [0.5, 0.6) is 0 Å². The molecule has 2 rings (SSSR count). The van der Waals surface area contributed by atoms with Gasteiger partial charge in [-0.2, -0.15) is 0 Å². The number of benzene rings is 1. The average Bonchev–Trinajstić information content (AvgIpc) is 2.64. The van der Waals surface area contributed by atoms with Gasteiger partial charge in [0.15, 0.2) is 0 Å². The Hall–Kier alpha value is -1.61. The summed E-state index contributed by atoms with van der Waals surface area (Å²) in [5, 5.41) is 0. The van der Waals surface area contributed by atoms with E-state index in [1.807, 2.05) is 6.20 Å². The second-order valence-electron chi connectivity index (χ2n) is 3.82. The molecule has 0 unspecified atom stereocenters. The fourth-order valence-electron chi connectivity index (χ4n) is 1.74. The molecule has 0 atom stereocenters. The lowest BCUT2D eigenvalue weighted by Gasteiger charge is -2.02. The Morgan fingerprint density at radius 3 is 2.40 bits per heavy atom. The minimum atomic E-state index is 0.449. The SMILES string of the molecule is Cc1cc(C)cc(-c2cnc(CN)[nH]2)c1. The highest BCUT2D eigenvalue weighted by Crippen LogP contribution is 2.20. The zero-order chi connectivity index (χ0) is 10.8. The van der Waals surface area contributed by atoms with Crippen molar-refractivity contribution < 1.29 is 0 Å². The third kappa shape index (κ3) is 2.07. The van der Waals surface area contributed by atoms with E-state index in [-0.39, 0.29) is 0 Å². The number of imidazole rings is 1. The first-order chi connectivity index (χ1) is 7.19. The summed E-state index contributed by atoms with van der Waals surface area (Å²) in [7, 11) is 0. The van der Waals surface area contributed by atoms with Gasteiger partial charge in [-0.3, -0.25) is 0 Å². The minimum Gasteiger partial charge on any atom is -0.341 e. The molecule has 78 valence electrons. The van der Waals surface area contributed by atoms with Crippen molar-refractivity contribution in [2.24, 2.45) is 5.73 Å². The second kappa shape index (κ2) is 3.87. The van der Waals surface area contributed by atoms with Crippen molar-refractivity contribution in [2.45, 2.75) is 20.4 Å². The van der Waals surface area contributed by atoms with Crippen LogP contribution < -0.4 is 5.73 Å². The number of aromatic amines is 1. The molecule has 3 heteroatoms. The molecule has 2 aromatic rings. The molecule has 0 fully saturated rings. The third-order valence-electron chi connectivity index (χ3n) is 2.35. The van der Waals surface area contributed by atoms with Crippen molar-refractivity contribution in [3.8, 4) is 11.3 Å². The maximum absolute atomic E-state index is 5.51. The van der Waals surface area contributed by atoms with E-state index in [4.69, 9.17) is 5.73 Å².